The van der Waals surface area contributed by atoms with E-state index >= 15 is 0 Å². The van der Waals surface area contributed by atoms with E-state index in [-0.39, 0.29) is 18.4 Å². The molecule has 0 amide bonds. The van der Waals surface area contributed by atoms with Crippen molar-refractivity contribution in [2.75, 3.05) is 6.61 Å². The first-order valence-corrected chi connectivity index (χ1v) is 8.16. The third-order valence-electron chi connectivity index (χ3n) is 5.00. The molecular formula is C18H18N4O. The highest BCUT2D eigenvalue weighted by Gasteiger charge is 2.45. The van der Waals surface area contributed by atoms with Crippen LogP contribution >= 0.6 is 0 Å². The molecule has 3 aromatic rings. The predicted octanol–water partition coefficient (Wildman–Crippen LogP) is 3.12. The van der Waals surface area contributed by atoms with Crippen molar-refractivity contribution in [1.29, 1.82) is 0 Å². The number of para-hydroxylation sites is 1. The van der Waals surface area contributed by atoms with Crippen LogP contribution in [0.2, 0.25) is 0 Å². The van der Waals surface area contributed by atoms with Gasteiger partial charge in [0, 0.05) is 0 Å². The minimum atomic E-state index is 0.188. The maximum atomic E-state index is 6.05. The fourth-order valence-corrected chi connectivity index (χ4v) is 3.95. The van der Waals surface area contributed by atoms with Gasteiger partial charge in [0.05, 0.1) is 18.2 Å². The van der Waals surface area contributed by atoms with E-state index in [1.54, 1.807) is 0 Å². The third kappa shape index (κ3) is 2.00. The summed E-state index contributed by atoms with van der Waals surface area (Å²) in [5.41, 5.74) is 3.36. The summed E-state index contributed by atoms with van der Waals surface area (Å²) < 4.78 is 8.12. The maximum Gasteiger partial charge on any atom is 0.113 e. The number of hydrogen-bond donors (Lipinski definition) is 0. The van der Waals surface area contributed by atoms with Gasteiger partial charge in [-0.2, -0.15) is 0 Å². The van der Waals surface area contributed by atoms with E-state index in [0.717, 1.165) is 30.5 Å². The molecule has 2 aromatic carbocycles. The summed E-state index contributed by atoms with van der Waals surface area (Å²) in [6.07, 6.45) is 2.48. The molecule has 3 unspecified atom stereocenters. The fourth-order valence-electron chi connectivity index (χ4n) is 3.95. The second kappa shape index (κ2) is 5.15. The molecule has 3 atom stereocenters. The Kier molecular flexibility index (Phi) is 2.96. The van der Waals surface area contributed by atoms with Crippen molar-refractivity contribution < 1.29 is 4.74 Å². The van der Waals surface area contributed by atoms with Gasteiger partial charge in [-0.05, 0) is 30.5 Å². The van der Waals surface area contributed by atoms with Gasteiger partial charge in [-0.25, -0.2) is 9.58 Å². The van der Waals surface area contributed by atoms with Crippen molar-refractivity contribution in [1.82, 2.24) is 19.9 Å². The van der Waals surface area contributed by atoms with E-state index in [9.17, 15) is 0 Å². The normalized spacial score (nSPS) is 27.6. The molecular weight excluding hydrogens is 288 g/mol. The first-order valence-electron chi connectivity index (χ1n) is 8.16. The van der Waals surface area contributed by atoms with Crippen molar-refractivity contribution in [2.45, 2.75) is 31.3 Å². The van der Waals surface area contributed by atoms with Crippen LogP contribution in [0.5, 0.6) is 0 Å². The Hall–Kier alpha value is -2.24. The van der Waals surface area contributed by atoms with Crippen molar-refractivity contribution in [2.24, 2.45) is 0 Å². The lowest BCUT2D eigenvalue weighted by atomic mass is 10.1. The van der Waals surface area contributed by atoms with Gasteiger partial charge in [-0.3, -0.25) is 0 Å². The molecule has 5 rings (SSSR count). The standard InChI is InChI=1S/C18H18N4O/c1-2-6-13(7-3-1)16-12-23-18-11-10-17(21(16)18)22-15-9-5-4-8-14(15)19-20-22/h1-9,16-18H,10-12H2. The van der Waals surface area contributed by atoms with E-state index < -0.39 is 0 Å². The van der Waals surface area contributed by atoms with Gasteiger partial charge in [0.25, 0.3) is 0 Å². The molecule has 0 bridgehead atoms. The van der Waals surface area contributed by atoms with Crippen LogP contribution in [0.3, 0.4) is 0 Å². The highest BCUT2D eigenvalue weighted by molar-refractivity contribution is 5.73. The number of rotatable bonds is 2. The van der Waals surface area contributed by atoms with Crippen LogP contribution in [0.4, 0.5) is 0 Å². The summed E-state index contributed by atoms with van der Waals surface area (Å²) in [7, 11) is 0. The first-order chi connectivity index (χ1) is 11.4. The molecule has 2 fully saturated rings. The van der Waals surface area contributed by atoms with Crippen LogP contribution in [0, 0.1) is 0 Å². The second-order valence-corrected chi connectivity index (χ2v) is 6.24. The van der Waals surface area contributed by atoms with Crippen LogP contribution in [-0.2, 0) is 4.74 Å². The van der Waals surface area contributed by atoms with Gasteiger partial charge >= 0.3 is 0 Å². The Morgan fingerprint density at radius 3 is 2.70 bits per heavy atom. The van der Waals surface area contributed by atoms with Gasteiger partial charge in [0.2, 0.25) is 0 Å². The average Bonchev–Trinajstić information content (AvgIpc) is 3.30. The van der Waals surface area contributed by atoms with Gasteiger partial charge in [0.1, 0.15) is 17.9 Å². The molecule has 0 spiro atoms. The van der Waals surface area contributed by atoms with Crippen LogP contribution < -0.4 is 0 Å². The monoisotopic (exact) mass is 306 g/mol. The zero-order chi connectivity index (χ0) is 15.2. The molecule has 0 N–H and O–H groups in total. The lowest BCUT2D eigenvalue weighted by Gasteiger charge is -2.29. The smallest absolute Gasteiger partial charge is 0.113 e. The van der Waals surface area contributed by atoms with E-state index in [2.05, 4.69) is 56.3 Å². The van der Waals surface area contributed by atoms with Gasteiger partial charge in [-0.1, -0.05) is 47.7 Å². The van der Waals surface area contributed by atoms with Gasteiger partial charge in [0.15, 0.2) is 0 Å². The predicted molar refractivity (Wildman–Crippen MR) is 86.6 cm³/mol. The number of fused-ring (bicyclic) bond motifs is 2. The van der Waals surface area contributed by atoms with Crippen LogP contribution in [-0.4, -0.2) is 32.7 Å². The number of ether oxygens (including phenoxy) is 1. The van der Waals surface area contributed by atoms with Gasteiger partial charge in [-0.15, -0.1) is 5.10 Å². The number of nitrogens with zero attached hydrogens (tertiary/aromatic N) is 4. The first kappa shape index (κ1) is 13.2. The average molecular weight is 306 g/mol. The largest absolute Gasteiger partial charge is 0.361 e. The summed E-state index contributed by atoms with van der Waals surface area (Å²) in [4.78, 5) is 2.47. The molecule has 3 heterocycles. The summed E-state index contributed by atoms with van der Waals surface area (Å²) in [6.45, 7) is 0.748. The molecule has 23 heavy (non-hydrogen) atoms. The van der Waals surface area contributed by atoms with E-state index in [1.165, 1.54) is 5.56 Å². The highest BCUT2D eigenvalue weighted by atomic mass is 16.5. The highest BCUT2D eigenvalue weighted by Crippen LogP contribution is 2.44. The molecule has 2 aliphatic heterocycles. The van der Waals surface area contributed by atoms with Crippen molar-refractivity contribution in [3.05, 3.63) is 60.2 Å². The van der Waals surface area contributed by atoms with Crippen LogP contribution in [0.15, 0.2) is 54.6 Å². The summed E-state index contributed by atoms with van der Waals surface area (Å²) in [6, 6.07) is 19.1. The number of hydrogen-bond acceptors (Lipinski definition) is 4. The Balaban J connectivity index is 1.56. The van der Waals surface area contributed by atoms with E-state index in [1.807, 2.05) is 18.2 Å². The lowest BCUT2D eigenvalue weighted by molar-refractivity contribution is 0.0307. The van der Waals surface area contributed by atoms with Crippen molar-refractivity contribution in [3.63, 3.8) is 0 Å². The SMILES string of the molecule is c1ccc(C2COC3CCC(n4nnc5ccccc54)N32)cc1. The number of benzene rings is 2. The third-order valence-corrected chi connectivity index (χ3v) is 5.00. The Morgan fingerprint density at radius 2 is 1.78 bits per heavy atom. The molecule has 2 aliphatic rings. The minimum Gasteiger partial charge on any atom is -0.361 e. The quantitative estimate of drug-likeness (QED) is 0.729. The minimum absolute atomic E-state index is 0.188. The fraction of sp³-hybridized carbons (Fsp3) is 0.333. The summed E-state index contributed by atoms with van der Waals surface area (Å²) in [5, 5.41) is 8.76. The van der Waals surface area contributed by atoms with E-state index in [0.29, 0.717) is 0 Å². The number of aromatic nitrogens is 3. The van der Waals surface area contributed by atoms with Gasteiger partial charge < -0.3 is 4.74 Å². The molecule has 0 aliphatic carbocycles. The van der Waals surface area contributed by atoms with Crippen molar-refractivity contribution in [3.8, 4) is 0 Å². The zero-order valence-electron chi connectivity index (χ0n) is 12.7. The molecule has 0 radical (unpaired) electrons. The summed E-state index contributed by atoms with van der Waals surface area (Å²) in [5.74, 6) is 0. The summed E-state index contributed by atoms with van der Waals surface area (Å²) >= 11 is 0. The molecule has 116 valence electrons. The molecule has 5 heteroatoms. The Bertz CT molecular complexity index is 831. The van der Waals surface area contributed by atoms with Crippen LogP contribution in [0.25, 0.3) is 11.0 Å². The zero-order valence-corrected chi connectivity index (χ0v) is 12.7. The van der Waals surface area contributed by atoms with Crippen LogP contribution in [0.1, 0.15) is 30.6 Å². The lowest BCUT2D eigenvalue weighted by Crippen LogP contribution is -2.33. The molecule has 0 saturated carbocycles. The molecule has 1 aromatic heterocycles. The Labute approximate surface area is 134 Å². The topological polar surface area (TPSA) is 43.2 Å². The second-order valence-electron chi connectivity index (χ2n) is 6.24. The van der Waals surface area contributed by atoms with Crippen molar-refractivity contribution >= 4 is 11.0 Å². The Morgan fingerprint density at radius 1 is 0.957 bits per heavy atom. The molecule has 5 nitrogen and oxygen atoms in total. The van der Waals surface area contributed by atoms with E-state index in [4.69, 9.17) is 4.74 Å². The molecule has 2 saturated heterocycles. The maximum absolute atomic E-state index is 6.05.